The van der Waals surface area contributed by atoms with Crippen molar-refractivity contribution in [1.29, 1.82) is 0 Å². The van der Waals surface area contributed by atoms with Crippen LogP contribution in [0.1, 0.15) is 6.42 Å². The number of aldehydes is 1. The van der Waals surface area contributed by atoms with Crippen LogP contribution in [0.3, 0.4) is 0 Å². The van der Waals surface area contributed by atoms with E-state index in [0.717, 1.165) is 6.29 Å². The van der Waals surface area contributed by atoms with Gasteiger partial charge in [-0.15, -0.1) is 0 Å². The van der Waals surface area contributed by atoms with E-state index < -0.39 is 11.6 Å². The maximum absolute atomic E-state index is 12.4. The van der Waals surface area contributed by atoms with E-state index in [0.29, 0.717) is 24.5 Å². The molecule has 20 heavy (non-hydrogen) atoms. The maximum atomic E-state index is 12.4. The van der Waals surface area contributed by atoms with E-state index in [2.05, 4.69) is 0 Å². The van der Waals surface area contributed by atoms with E-state index >= 15 is 0 Å². The highest BCUT2D eigenvalue weighted by Gasteiger charge is 2.62. The summed E-state index contributed by atoms with van der Waals surface area (Å²) in [5.74, 6) is 0.542. The van der Waals surface area contributed by atoms with Gasteiger partial charge in [-0.3, -0.25) is 9.69 Å². The summed E-state index contributed by atoms with van der Waals surface area (Å²) in [6.45, 7) is 0.368. The van der Waals surface area contributed by atoms with Crippen LogP contribution in [0.4, 0.5) is 5.69 Å². The number of ether oxygens (including phenoxy) is 2. The molecule has 1 aromatic carbocycles. The molecule has 0 aliphatic carbocycles. The molecule has 5 heteroatoms. The molecule has 1 aromatic rings. The van der Waals surface area contributed by atoms with E-state index in [9.17, 15) is 9.59 Å². The largest absolute Gasteiger partial charge is 0.497 e. The van der Waals surface area contributed by atoms with E-state index in [-0.39, 0.29) is 5.91 Å². The molecule has 0 unspecified atom stereocenters. The van der Waals surface area contributed by atoms with Crippen molar-refractivity contribution in [2.75, 3.05) is 18.6 Å². The molecule has 2 aliphatic heterocycles. The number of hydrogen-bond donors (Lipinski definition) is 0. The Labute approximate surface area is 116 Å². The first-order valence-electron chi connectivity index (χ1n) is 6.45. The van der Waals surface area contributed by atoms with Crippen molar-refractivity contribution >= 4 is 17.9 Å². The van der Waals surface area contributed by atoms with E-state index in [1.807, 2.05) is 12.2 Å². The Hall–Kier alpha value is -2.14. The lowest BCUT2D eigenvalue weighted by Gasteiger charge is -2.53. The number of amides is 1. The second-order valence-corrected chi connectivity index (χ2v) is 4.83. The first-order valence-corrected chi connectivity index (χ1v) is 6.45. The number of benzene rings is 1. The van der Waals surface area contributed by atoms with Crippen LogP contribution >= 0.6 is 0 Å². The third-order valence-electron chi connectivity index (χ3n) is 3.84. The fraction of sp³-hybridized carbons (Fsp3) is 0.333. The third kappa shape index (κ3) is 1.67. The highest BCUT2D eigenvalue weighted by molar-refractivity contribution is 6.13. The molecule has 1 spiro atoms. The second kappa shape index (κ2) is 4.76. The van der Waals surface area contributed by atoms with Crippen LogP contribution in [-0.4, -0.2) is 37.6 Å². The van der Waals surface area contributed by atoms with Crippen molar-refractivity contribution in [3.8, 4) is 5.75 Å². The van der Waals surface area contributed by atoms with Crippen LogP contribution in [-0.2, 0) is 14.3 Å². The summed E-state index contributed by atoms with van der Waals surface area (Å²) in [6, 6.07) is 6.47. The van der Waals surface area contributed by atoms with E-state index in [4.69, 9.17) is 9.47 Å². The zero-order chi connectivity index (χ0) is 14.2. The van der Waals surface area contributed by atoms with Gasteiger partial charge in [0, 0.05) is 12.1 Å². The third-order valence-corrected chi connectivity index (χ3v) is 3.84. The van der Waals surface area contributed by atoms with Crippen LogP contribution in [0.5, 0.6) is 5.75 Å². The van der Waals surface area contributed by atoms with Gasteiger partial charge in [0.1, 0.15) is 18.1 Å². The molecule has 0 aromatic heterocycles. The summed E-state index contributed by atoms with van der Waals surface area (Å²) in [5.41, 5.74) is -0.326. The average molecular weight is 273 g/mol. The minimum atomic E-state index is -1.00. The van der Waals surface area contributed by atoms with E-state index in [1.54, 1.807) is 31.4 Å². The number of β-lactam (4-membered cyclic amide) rings is 1. The average Bonchev–Trinajstić information content (AvgIpc) is 2.52. The predicted octanol–water partition coefficient (Wildman–Crippen LogP) is 1.32. The standard InChI is InChI=1S/C15H15NO4/c1-19-12-6-4-11(5-7-12)16-13(10-17)15(14(16)18)8-2-3-9-20-15/h2-7,10,13H,8-9H2,1H3/t13-,15+/m0/s1. The summed E-state index contributed by atoms with van der Waals surface area (Å²) in [5, 5.41) is 0. The molecular formula is C15H15NO4. The van der Waals surface area contributed by atoms with Crippen LogP contribution in [0.2, 0.25) is 0 Å². The zero-order valence-corrected chi connectivity index (χ0v) is 11.1. The molecule has 104 valence electrons. The highest BCUT2D eigenvalue weighted by atomic mass is 16.5. The van der Waals surface area contributed by atoms with Gasteiger partial charge >= 0.3 is 0 Å². The van der Waals surface area contributed by atoms with Gasteiger partial charge in [0.2, 0.25) is 0 Å². The fourth-order valence-electron chi connectivity index (χ4n) is 2.73. The fourth-order valence-corrected chi connectivity index (χ4v) is 2.73. The molecule has 1 saturated heterocycles. The normalized spacial score (nSPS) is 28.4. The SMILES string of the molecule is COc1ccc(N2C(=O)[C@@]3(CC=CCO3)[C@@H]2C=O)cc1. The van der Waals surface area contributed by atoms with Crippen molar-refractivity contribution in [3.63, 3.8) is 0 Å². The van der Waals surface area contributed by atoms with Gasteiger partial charge in [-0.25, -0.2) is 0 Å². The summed E-state index contributed by atoms with van der Waals surface area (Å²) < 4.78 is 10.7. The summed E-state index contributed by atoms with van der Waals surface area (Å²) >= 11 is 0. The lowest BCUT2D eigenvalue weighted by molar-refractivity contribution is -0.164. The van der Waals surface area contributed by atoms with Crippen LogP contribution in [0.25, 0.3) is 0 Å². The number of rotatable bonds is 3. The molecule has 0 N–H and O–H groups in total. The lowest BCUT2D eigenvalue weighted by Crippen LogP contribution is -2.76. The zero-order valence-electron chi connectivity index (χ0n) is 11.1. The molecule has 2 heterocycles. The number of nitrogens with zero attached hydrogens (tertiary/aromatic N) is 1. The molecule has 2 aliphatic rings. The van der Waals surface area contributed by atoms with E-state index in [1.165, 1.54) is 4.90 Å². The Bertz CT molecular complexity index is 566. The lowest BCUT2D eigenvalue weighted by atomic mass is 9.78. The molecule has 0 bridgehead atoms. The molecule has 1 amide bonds. The molecule has 2 atom stereocenters. The van der Waals surface area contributed by atoms with Crippen molar-refractivity contribution in [1.82, 2.24) is 0 Å². The van der Waals surface area contributed by atoms with Crippen molar-refractivity contribution < 1.29 is 19.1 Å². The van der Waals surface area contributed by atoms with Crippen molar-refractivity contribution in [3.05, 3.63) is 36.4 Å². The first kappa shape index (κ1) is 12.9. The van der Waals surface area contributed by atoms with Gasteiger partial charge < -0.3 is 14.3 Å². The van der Waals surface area contributed by atoms with Crippen LogP contribution in [0.15, 0.2) is 36.4 Å². The maximum Gasteiger partial charge on any atom is 0.263 e. The smallest absolute Gasteiger partial charge is 0.263 e. The molecule has 1 fully saturated rings. The minimum Gasteiger partial charge on any atom is -0.497 e. The number of hydrogen-bond acceptors (Lipinski definition) is 4. The summed E-state index contributed by atoms with van der Waals surface area (Å²) in [4.78, 5) is 25.3. The van der Waals surface area contributed by atoms with Crippen molar-refractivity contribution in [2.24, 2.45) is 0 Å². The number of anilines is 1. The topological polar surface area (TPSA) is 55.8 Å². The number of carbonyl (C=O) groups is 2. The minimum absolute atomic E-state index is 0.163. The first-order chi connectivity index (χ1) is 9.73. The van der Waals surface area contributed by atoms with Gasteiger partial charge in [-0.05, 0) is 24.3 Å². The Morgan fingerprint density at radius 2 is 2.10 bits per heavy atom. The highest BCUT2D eigenvalue weighted by Crippen LogP contribution is 2.41. The Morgan fingerprint density at radius 1 is 1.35 bits per heavy atom. The van der Waals surface area contributed by atoms with Crippen LogP contribution < -0.4 is 9.64 Å². The predicted molar refractivity (Wildman–Crippen MR) is 72.8 cm³/mol. The molecule has 0 saturated carbocycles. The second-order valence-electron chi connectivity index (χ2n) is 4.83. The van der Waals surface area contributed by atoms with Gasteiger partial charge in [0.15, 0.2) is 5.60 Å². The van der Waals surface area contributed by atoms with Gasteiger partial charge in [-0.1, -0.05) is 12.2 Å². The summed E-state index contributed by atoms with van der Waals surface area (Å²) in [7, 11) is 1.58. The molecular weight excluding hydrogens is 258 g/mol. The Kier molecular flexibility index (Phi) is 3.06. The van der Waals surface area contributed by atoms with Crippen LogP contribution in [0, 0.1) is 0 Å². The monoisotopic (exact) mass is 273 g/mol. The number of carbonyl (C=O) groups excluding carboxylic acids is 2. The number of methoxy groups -OCH3 is 1. The van der Waals surface area contributed by atoms with Gasteiger partial charge in [0.25, 0.3) is 5.91 Å². The molecule has 0 radical (unpaired) electrons. The summed E-state index contributed by atoms with van der Waals surface area (Å²) in [6.07, 6.45) is 4.98. The Balaban J connectivity index is 1.89. The molecule has 5 nitrogen and oxygen atoms in total. The molecule has 3 rings (SSSR count). The van der Waals surface area contributed by atoms with Gasteiger partial charge in [-0.2, -0.15) is 0 Å². The quantitative estimate of drug-likeness (QED) is 0.473. The Morgan fingerprint density at radius 3 is 2.65 bits per heavy atom. The van der Waals surface area contributed by atoms with Crippen molar-refractivity contribution in [2.45, 2.75) is 18.1 Å². The van der Waals surface area contributed by atoms with Gasteiger partial charge in [0.05, 0.1) is 13.7 Å².